The smallest absolute Gasteiger partial charge is 0.225 e. The minimum absolute atomic E-state index is 0.0395. The standard InChI is InChI=1S/C26H36N2O/c1-19(2)26(29)28(20(3)4)17-24-16-27(15-22-13-11-21(5)12-14-22)18-25(24)23-9-7-6-8-10-23/h6-14,19-20,24-25H,15-18H2,1-5H3. The van der Waals surface area contributed by atoms with Gasteiger partial charge in [0.1, 0.15) is 0 Å². The van der Waals surface area contributed by atoms with Gasteiger partial charge in [-0.1, -0.05) is 74.0 Å². The maximum absolute atomic E-state index is 12.8. The van der Waals surface area contributed by atoms with Gasteiger partial charge in [0.25, 0.3) is 0 Å². The van der Waals surface area contributed by atoms with E-state index in [2.05, 4.69) is 85.2 Å². The zero-order valence-corrected chi connectivity index (χ0v) is 18.6. The minimum Gasteiger partial charge on any atom is -0.340 e. The van der Waals surface area contributed by atoms with Gasteiger partial charge in [-0.05, 0) is 37.8 Å². The van der Waals surface area contributed by atoms with Gasteiger partial charge in [0, 0.05) is 44.1 Å². The molecule has 3 nitrogen and oxygen atoms in total. The van der Waals surface area contributed by atoms with Crippen LogP contribution in [0.5, 0.6) is 0 Å². The van der Waals surface area contributed by atoms with Gasteiger partial charge >= 0.3 is 0 Å². The van der Waals surface area contributed by atoms with Crippen LogP contribution in [0.25, 0.3) is 0 Å². The highest BCUT2D eigenvalue weighted by Gasteiger charge is 2.36. The van der Waals surface area contributed by atoms with Crippen LogP contribution in [0, 0.1) is 18.8 Å². The highest BCUT2D eigenvalue weighted by molar-refractivity contribution is 5.78. The van der Waals surface area contributed by atoms with Gasteiger partial charge in [-0.2, -0.15) is 0 Å². The summed E-state index contributed by atoms with van der Waals surface area (Å²) in [5, 5.41) is 0. The van der Waals surface area contributed by atoms with Gasteiger partial charge in [0.2, 0.25) is 5.91 Å². The van der Waals surface area contributed by atoms with E-state index in [9.17, 15) is 4.79 Å². The Hall–Kier alpha value is -2.13. The lowest BCUT2D eigenvalue weighted by Crippen LogP contribution is -2.43. The van der Waals surface area contributed by atoms with E-state index in [0.717, 1.165) is 26.2 Å². The second-order valence-corrected chi connectivity index (χ2v) is 9.20. The average molecular weight is 393 g/mol. The summed E-state index contributed by atoms with van der Waals surface area (Å²) < 4.78 is 0. The van der Waals surface area contributed by atoms with Crippen LogP contribution in [-0.4, -0.2) is 41.4 Å². The second kappa shape index (κ2) is 9.58. The molecule has 1 heterocycles. The Labute approximate surface area is 176 Å². The summed E-state index contributed by atoms with van der Waals surface area (Å²) in [4.78, 5) is 17.5. The molecule has 0 aliphatic carbocycles. The first-order valence-electron chi connectivity index (χ1n) is 11.0. The third kappa shape index (κ3) is 5.48. The molecule has 0 spiro atoms. The van der Waals surface area contributed by atoms with E-state index in [-0.39, 0.29) is 17.9 Å². The number of benzene rings is 2. The van der Waals surface area contributed by atoms with Crippen LogP contribution >= 0.6 is 0 Å². The van der Waals surface area contributed by atoms with Gasteiger partial charge in [-0.25, -0.2) is 0 Å². The summed E-state index contributed by atoms with van der Waals surface area (Å²) in [5.74, 6) is 1.22. The van der Waals surface area contributed by atoms with Crippen molar-refractivity contribution in [3.8, 4) is 0 Å². The molecule has 0 N–H and O–H groups in total. The highest BCUT2D eigenvalue weighted by Crippen LogP contribution is 2.34. The van der Waals surface area contributed by atoms with Crippen molar-refractivity contribution in [2.45, 2.75) is 53.1 Å². The molecule has 0 saturated carbocycles. The van der Waals surface area contributed by atoms with E-state index in [4.69, 9.17) is 0 Å². The molecule has 1 aliphatic heterocycles. The predicted octanol–water partition coefficient (Wildman–Crippen LogP) is 5.10. The number of hydrogen-bond donors (Lipinski definition) is 0. The summed E-state index contributed by atoms with van der Waals surface area (Å²) >= 11 is 0. The summed E-state index contributed by atoms with van der Waals surface area (Å²) in [6.07, 6.45) is 0. The van der Waals surface area contributed by atoms with Gasteiger partial charge in [-0.15, -0.1) is 0 Å². The molecule has 1 aliphatic rings. The van der Waals surface area contributed by atoms with Crippen LogP contribution < -0.4 is 0 Å². The second-order valence-electron chi connectivity index (χ2n) is 9.20. The number of likely N-dealkylation sites (tertiary alicyclic amines) is 1. The van der Waals surface area contributed by atoms with Gasteiger partial charge in [0.05, 0.1) is 0 Å². The fourth-order valence-corrected chi connectivity index (χ4v) is 4.44. The molecule has 29 heavy (non-hydrogen) atoms. The molecular weight excluding hydrogens is 356 g/mol. The Morgan fingerprint density at radius 1 is 1.00 bits per heavy atom. The van der Waals surface area contributed by atoms with E-state index in [1.807, 2.05) is 13.8 Å². The summed E-state index contributed by atoms with van der Waals surface area (Å²) in [5.41, 5.74) is 4.06. The fourth-order valence-electron chi connectivity index (χ4n) is 4.44. The topological polar surface area (TPSA) is 23.6 Å². The number of aryl methyl sites for hydroxylation is 1. The Bertz CT molecular complexity index is 782. The van der Waals surface area contributed by atoms with E-state index in [1.54, 1.807) is 0 Å². The van der Waals surface area contributed by atoms with Crippen molar-refractivity contribution < 1.29 is 4.79 Å². The molecule has 2 atom stereocenters. The number of amides is 1. The third-order valence-electron chi connectivity index (χ3n) is 6.10. The number of rotatable bonds is 7. The van der Waals surface area contributed by atoms with Crippen molar-refractivity contribution >= 4 is 5.91 Å². The normalized spacial score (nSPS) is 19.8. The molecule has 1 amide bonds. The molecule has 2 aromatic rings. The molecule has 0 radical (unpaired) electrons. The monoisotopic (exact) mass is 392 g/mol. The minimum atomic E-state index is 0.0395. The first-order valence-corrected chi connectivity index (χ1v) is 11.0. The first-order chi connectivity index (χ1) is 13.8. The van der Waals surface area contributed by atoms with Gasteiger partial charge in [-0.3, -0.25) is 9.69 Å². The van der Waals surface area contributed by atoms with Crippen molar-refractivity contribution in [3.05, 3.63) is 71.3 Å². The molecule has 0 aromatic heterocycles. The number of hydrogen-bond acceptors (Lipinski definition) is 2. The van der Waals surface area contributed by atoms with Crippen molar-refractivity contribution in [1.29, 1.82) is 0 Å². The van der Waals surface area contributed by atoms with E-state index in [1.165, 1.54) is 16.7 Å². The maximum atomic E-state index is 12.8. The lowest BCUT2D eigenvalue weighted by molar-refractivity contribution is -0.136. The first kappa shape index (κ1) is 21.6. The Morgan fingerprint density at radius 2 is 1.66 bits per heavy atom. The van der Waals surface area contributed by atoms with E-state index >= 15 is 0 Å². The molecule has 0 bridgehead atoms. The van der Waals surface area contributed by atoms with Gasteiger partial charge < -0.3 is 4.90 Å². The molecule has 2 unspecified atom stereocenters. The summed E-state index contributed by atoms with van der Waals surface area (Å²) in [6.45, 7) is 14.3. The van der Waals surface area contributed by atoms with Crippen LogP contribution in [0.3, 0.4) is 0 Å². The summed E-state index contributed by atoms with van der Waals surface area (Å²) in [7, 11) is 0. The van der Waals surface area contributed by atoms with Crippen molar-refractivity contribution in [2.24, 2.45) is 11.8 Å². The van der Waals surface area contributed by atoms with E-state index < -0.39 is 0 Å². The largest absolute Gasteiger partial charge is 0.340 e. The average Bonchev–Trinajstić information content (AvgIpc) is 3.10. The Balaban J connectivity index is 1.79. The Kier molecular flexibility index (Phi) is 7.13. The molecule has 156 valence electrons. The van der Waals surface area contributed by atoms with E-state index in [0.29, 0.717) is 11.8 Å². The quantitative estimate of drug-likeness (QED) is 0.654. The van der Waals surface area contributed by atoms with Crippen LogP contribution in [0.2, 0.25) is 0 Å². The van der Waals surface area contributed by atoms with Crippen LogP contribution in [0.15, 0.2) is 54.6 Å². The third-order valence-corrected chi connectivity index (χ3v) is 6.10. The maximum Gasteiger partial charge on any atom is 0.225 e. The van der Waals surface area contributed by atoms with Crippen LogP contribution in [-0.2, 0) is 11.3 Å². The van der Waals surface area contributed by atoms with Crippen molar-refractivity contribution in [2.75, 3.05) is 19.6 Å². The van der Waals surface area contributed by atoms with Crippen molar-refractivity contribution in [3.63, 3.8) is 0 Å². The molecule has 3 rings (SSSR count). The van der Waals surface area contributed by atoms with Crippen LogP contribution in [0.4, 0.5) is 0 Å². The molecule has 2 aromatic carbocycles. The lowest BCUT2D eigenvalue weighted by atomic mass is 9.88. The van der Waals surface area contributed by atoms with Crippen molar-refractivity contribution in [1.82, 2.24) is 9.80 Å². The predicted molar refractivity (Wildman–Crippen MR) is 121 cm³/mol. The molecular formula is C26H36N2O. The number of nitrogens with zero attached hydrogens (tertiary/aromatic N) is 2. The molecule has 1 fully saturated rings. The number of carbonyl (C=O) groups excluding carboxylic acids is 1. The zero-order valence-electron chi connectivity index (χ0n) is 18.6. The summed E-state index contributed by atoms with van der Waals surface area (Å²) in [6, 6.07) is 19.9. The SMILES string of the molecule is Cc1ccc(CN2CC(CN(C(=O)C(C)C)C(C)C)C(c3ccccc3)C2)cc1. The Morgan fingerprint density at radius 3 is 2.24 bits per heavy atom. The molecule has 1 saturated heterocycles. The molecule has 3 heteroatoms. The number of carbonyl (C=O) groups is 1. The van der Waals surface area contributed by atoms with Crippen LogP contribution in [0.1, 0.15) is 50.3 Å². The fraction of sp³-hybridized carbons (Fsp3) is 0.500. The highest BCUT2D eigenvalue weighted by atomic mass is 16.2. The van der Waals surface area contributed by atoms with Gasteiger partial charge in [0.15, 0.2) is 0 Å². The zero-order chi connectivity index (χ0) is 21.0. The lowest BCUT2D eigenvalue weighted by Gasteiger charge is -2.33.